The normalized spacial score (nSPS) is 16.9. The molecule has 5 nitrogen and oxygen atoms in total. The first kappa shape index (κ1) is 34.5. The van der Waals surface area contributed by atoms with Crippen LogP contribution in [0.3, 0.4) is 0 Å². The minimum absolute atomic E-state index is 0.0172. The van der Waals surface area contributed by atoms with Gasteiger partial charge in [-0.05, 0) is 69.4 Å². The van der Waals surface area contributed by atoms with Gasteiger partial charge >= 0.3 is 5.97 Å². The van der Waals surface area contributed by atoms with Gasteiger partial charge in [-0.2, -0.15) is 0 Å². The summed E-state index contributed by atoms with van der Waals surface area (Å²) in [6.45, 7) is 28.6. The Bertz CT molecular complexity index is 624. The molecule has 0 amide bonds. The largest absolute Gasteiger partial charge is 0.465 e. The van der Waals surface area contributed by atoms with Crippen LogP contribution in [0.1, 0.15) is 95.4 Å². The van der Waals surface area contributed by atoms with Crippen molar-refractivity contribution in [1.29, 1.82) is 0 Å². The topological polar surface area (TPSA) is 61.8 Å². The van der Waals surface area contributed by atoms with E-state index in [0.29, 0.717) is 19.4 Å². The zero-order chi connectivity index (χ0) is 27.7. The number of aldehydes is 1. The molecule has 0 fully saturated rings. The molecule has 0 saturated carbocycles. The second-order valence-corrected chi connectivity index (χ2v) is 22.5. The molecule has 7 heteroatoms. The van der Waals surface area contributed by atoms with Gasteiger partial charge in [-0.25, -0.2) is 0 Å². The molecule has 35 heavy (non-hydrogen) atoms. The van der Waals surface area contributed by atoms with E-state index in [0.717, 1.165) is 30.8 Å². The van der Waals surface area contributed by atoms with Gasteiger partial charge in [-0.1, -0.05) is 55.4 Å². The van der Waals surface area contributed by atoms with Crippen LogP contribution in [0.15, 0.2) is 0 Å². The first-order valence-corrected chi connectivity index (χ1v) is 19.3. The van der Waals surface area contributed by atoms with E-state index in [9.17, 15) is 9.59 Å². The third-order valence-corrected chi connectivity index (χ3v) is 17.4. The average Bonchev–Trinajstić information content (AvgIpc) is 2.76. The van der Waals surface area contributed by atoms with Crippen LogP contribution in [0.5, 0.6) is 0 Å². The summed E-state index contributed by atoms with van der Waals surface area (Å²) in [6, 6.07) is 3.21. The molecule has 0 aliphatic heterocycles. The Morgan fingerprint density at radius 2 is 1.40 bits per heavy atom. The fourth-order valence-electron chi connectivity index (χ4n) is 4.20. The van der Waals surface area contributed by atoms with Crippen molar-refractivity contribution < 1.29 is 23.2 Å². The standard InChI is InChI=1S/C28H58O5Si2/c1-14-35(15-2,16-3)32-24(19-21-31-26(30)27(6,7)8)23(5)25(22(4)18-17-20-29)33-34(12,13)28(9,10)11/h20,22-25H,14-19,21H2,1-13H3/t22-,23-,24-,25-/m1/s1. The maximum Gasteiger partial charge on any atom is 0.311 e. The van der Waals surface area contributed by atoms with E-state index in [1.54, 1.807) is 0 Å². The lowest BCUT2D eigenvalue weighted by molar-refractivity contribution is -0.153. The predicted octanol–water partition coefficient (Wildman–Crippen LogP) is 8.00. The van der Waals surface area contributed by atoms with Gasteiger partial charge in [0.1, 0.15) is 6.29 Å². The molecule has 0 rings (SSSR count). The molecule has 0 bridgehead atoms. The van der Waals surface area contributed by atoms with Crippen LogP contribution < -0.4 is 0 Å². The van der Waals surface area contributed by atoms with Crippen LogP contribution in [0.4, 0.5) is 0 Å². The lowest BCUT2D eigenvalue weighted by Crippen LogP contribution is -2.51. The Morgan fingerprint density at radius 3 is 1.80 bits per heavy atom. The molecule has 0 unspecified atom stereocenters. The highest BCUT2D eigenvalue weighted by molar-refractivity contribution is 6.74. The van der Waals surface area contributed by atoms with E-state index in [2.05, 4.69) is 68.5 Å². The second kappa shape index (κ2) is 14.4. The van der Waals surface area contributed by atoms with Crippen LogP contribution in [0, 0.1) is 17.3 Å². The van der Waals surface area contributed by atoms with E-state index in [4.69, 9.17) is 13.6 Å². The van der Waals surface area contributed by atoms with Gasteiger partial charge in [0.25, 0.3) is 0 Å². The van der Waals surface area contributed by atoms with Crippen LogP contribution in [-0.2, 0) is 23.2 Å². The molecule has 0 aliphatic carbocycles. The Morgan fingerprint density at radius 1 is 0.886 bits per heavy atom. The summed E-state index contributed by atoms with van der Waals surface area (Å²) >= 11 is 0. The molecule has 4 atom stereocenters. The molecule has 0 heterocycles. The van der Waals surface area contributed by atoms with Crippen molar-refractivity contribution in [3.63, 3.8) is 0 Å². The lowest BCUT2D eigenvalue weighted by atomic mass is 9.86. The van der Waals surface area contributed by atoms with Gasteiger partial charge in [0.2, 0.25) is 0 Å². The number of hydrogen-bond acceptors (Lipinski definition) is 5. The molecular formula is C28H58O5Si2. The van der Waals surface area contributed by atoms with E-state index < -0.39 is 22.0 Å². The maximum absolute atomic E-state index is 12.4. The quantitative estimate of drug-likeness (QED) is 0.115. The van der Waals surface area contributed by atoms with Crippen molar-refractivity contribution in [3.8, 4) is 0 Å². The highest BCUT2D eigenvalue weighted by Gasteiger charge is 2.44. The number of esters is 1. The SMILES string of the molecule is CC[Si](CC)(CC)O[C@H](CCOC(=O)C(C)(C)C)[C@@H](C)[C@H](O[Si](C)(C)C(C)(C)C)[C@H](C)CCC=O. The number of rotatable bonds is 16. The summed E-state index contributed by atoms with van der Waals surface area (Å²) < 4.78 is 19.8. The van der Waals surface area contributed by atoms with Crippen LogP contribution in [-0.4, -0.2) is 47.7 Å². The summed E-state index contributed by atoms with van der Waals surface area (Å²) in [5.74, 6) is 0.173. The molecular weight excluding hydrogens is 472 g/mol. The monoisotopic (exact) mass is 530 g/mol. The first-order valence-electron chi connectivity index (χ1n) is 13.9. The molecule has 0 aromatic carbocycles. The third kappa shape index (κ3) is 10.8. The number of hydrogen-bond donors (Lipinski definition) is 0. The Hall–Kier alpha value is -0.506. The zero-order valence-electron chi connectivity index (χ0n) is 25.4. The summed E-state index contributed by atoms with van der Waals surface area (Å²) in [4.78, 5) is 23.6. The number of carbonyl (C=O) groups excluding carboxylic acids is 2. The molecule has 0 radical (unpaired) electrons. The van der Waals surface area contributed by atoms with E-state index >= 15 is 0 Å². The molecule has 0 saturated heterocycles. The van der Waals surface area contributed by atoms with Gasteiger partial charge in [-0.15, -0.1) is 0 Å². The molecule has 208 valence electrons. The van der Waals surface area contributed by atoms with Gasteiger partial charge in [0.05, 0.1) is 24.2 Å². The van der Waals surface area contributed by atoms with E-state index in [1.165, 1.54) is 0 Å². The summed E-state index contributed by atoms with van der Waals surface area (Å²) in [6.07, 6.45) is 2.94. The van der Waals surface area contributed by atoms with Gasteiger partial charge in [-0.3, -0.25) is 4.79 Å². The zero-order valence-corrected chi connectivity index (χ0v) is 27.4. The summed E-state index contributed by atoms with van der Waals surface area (Å²) in [5, 5.41) is 0.0860. The highest BCUT2D eigenvalue weighted by Crippen LogP contribution is 2.41. The van der Waals surface area contributed by atoms with Crippen molar-refractivity contribution in [1.82, 2.24) is 0 Å². The molecule has 0 N–H and O–H groups in total. The summed E-state index contributed by atoms with van der Waals surface area (Å²) in [7, 11) is -3.95. The average molecular weight is 531 g/mol. The second-order valence-electron chi connectivity index (χ2n) is 13.0. The molecule has 0 aliphatic rings. The minimum atomic E-state index is -2.05. The first-order chi connectivity index (χ1) is 15.9. The van der Waals surface area contributed by atoms with Crippen molar-refractivity contribution >= 4 is 28.9 Å². The fraction of sp³-hybridized carbons (Fsp3) is 0.929. The van der Waals surface area contributed by atoms with Gasteiger partial charge in [0, 0.05) is 18.8 Å². The van der Waals surface area contributed by atoms with Crippen molar-refractivity contribution in [2.24, 2.45) is 17.3 Å². The van der Waals surface area contributed by atoms with Crippen LogP contribution in [0.2, 0.25) is 36.3 Å². The number of ether oxygens (including phenoxy) is 1. The third-order valence-electron chi connectivity index (χ3n) is 8.22. The molecule has 0 aromatic heterocycles. The molecule has 0 spiro atoms. The number of carbonyl (C=O) groups is 2. The minimum Gasteiger partial charge on any atom is -0.465 e. The Kier molecular flexibility index (Phi) is 14.2. The Labute approximate surface area is 219 Å². The van der Waals surface area contributed by atoms with Crippen LogP contribution >= 0.6 is 0 Å². The fourth-order valence-corrected chi connectivity index (χ4v) is 8.66. The Balaban J connectivity index is 6.11. The van der Waals surface area contributed by atoms with Crippen molar-refractivity contribution in [3.05, 3.63) is 0 Å². The van der Waals surface area contributed by atoms with Crippen LogP contribution in [0.25, 0.3) is 0 Å². The maximum atomic E-state index is 12.4. The van der Waals surface area contributed by atoms with E-state index in [1.807, 2.05) is 20.8 Å². The lowest BCUT2D eigenvalue weighted by Gasteiger charge is -2.45. The van der Waals surface area contributed by atoms with E-state index in [-0.39, 0.29) is 35.1 Å². The highest BCUT2D eigenvalue weighted by atomic mass is 28.4. The van der Waals surface area contributed by atoms with Crippen molar-refractivity contribution in [2.75, 3.05) is 6.61 Å². The smallest absolute Gasteiger partial charge is 0.311 e. The molecule has 0 aromatic rings. The summed E-state index contributed by atoms with van der Waals surface area (Å²) in [5.41, 5.74) is -0.520. The van der Waals surface area contributed by atoms with Crippen molar-refractivity contribution in [2.45, 2.75) is 144 Å². The predicted molar refractivity (Wildman–Crippen MR) is 153 cm³/mol. The van der Waals surface area contributed by atoms with Gasteiger partial charge in [0.15, 0.2) is 16.6 Å². The van der Waals surface area contributed by atoms with Gasteiger partial charge < -0.3 is 18.4 Å².